The summed E-state index contributed by atoms with van der Waals surface area (Å²) < 4.78 is 36.0. The molecule has 9 heteroatoms. The summed E-state index contributed by atoms with van der Waals surface area (Å²) in [5, 5.41) is 11.2. The molecular weight excluding hydrogens is 1050 g/mol. The summed E-state index contributed by atoms with van der Waals surface area (Å²) in [5.74, 6) is 0. The predicted octanol–water partition coefficient (Wildman–Crippen LogP) is 8.83. The molecule has 386 valence electrons. The average molecular weight is 1110 g/mol. The average Bonchev–Trinajstić information content (AvgIpc) is 3.70. The van der Waals surface area contributed by atoms with Crippen LogP contribution in [0.2, 0.25) is 6.04 Å². The number of rotatable bonds is 22. The van der Waals surface area contributed by atoms with Gasteiger partial charge in [0.15, 0.2) is 0 Å². The van der Waals surface area contributed by atoms with Gasteiger partial charge in [-0.05, 0) is 69.5 Å². The minimum atomic E-state index is -4.39. The third kappa shape index (κ3) is 10.6. The zero-order valence-electron chi connectivity index (χ0n) is 44.1. The highest BCUT2D eigenvalue weighted by Gasteiger charge is 2.64. The molecule has 0 bridgehead atoms. The highest BCUT2D eigenvalue weighted by Crippen LogP contribution is 2.31. The Balaban J connectivity index is 1.30. The lowest BCUT2D eigenvalue weighted by Crippen LogP contribution is -2.85. The Morgan fingerprint density at radius 1 is 0.228 bits per heavy atom. The lowest BCUT2D eigenvalue weighted by atomic mass is 10.3. The number of allylic oxidation sites excluding steroid dienone is 1. The fourth-order valence-corrected chi connectivity index (χ4v) is 38.9. The van der Waals surface area contributed by atoms with Gasteiger partial charge in [0.2, 0.25) is 8.32 Å². The lowest BCUT2D eigenvalue weighted by molar-refractivity contribution is 0.329. The molecule has 0 aliphatic heterocycles. The second-order valence-corrected chi connectivity index (χ2v) is 36.5. The minimum absolute atomic E-state index is 0.712. The predicted molar refractivity (Wildman–Crippen MR) is 340 cm³/mol. The van der Waals surface area contributed by atoms with Crippen molar-refractivity contribution in [3.8, 4) is 0 Å². The molecule has 0 atom stereocenters. The van der Waals surface area contributed by atoms with Crippen molar-refractivity contribution in [2.75, 3.05) is 0 Å². The van der Waals surface area contributed by atoms with Crippen molar-refractivity contribution in [2.24, 2.45) is 0 Å². The summed E-state index contributed by atoms with van der Waals surface area (Å²) in [7, 11) is -20.0. The van der Waals surface area contributed by atoms with E-state index in [-0.39, 0.29) is 0 Å². The van der Waals surface area contributed by atoms with Crippen LogP contribution in [0.1, 0.15) is 6.42 Å². The van der Waals surface area contributed by atoms with Gasteiger partial charge in [-0.2, -0.15) is 0 Å². The quantitative estimate of drug-likeness (QED) is 0.0387. The van der Waals surface area contributed by atoms with Gasteiger partial charge in [-0.1, -0.05) is 340 Å². The molecule has 0 saturated carbocycles. The molecule has 0 spiro atoms. The monoisotopic (exact) mass is 1110 g/mol. The number of hydrogen-bond donors (Lipinski definition) is 0. The molecule has 0 amide bonds. The van der Waals surface area contributed by atoms with Crippen LogP contribution in [0.3, 0.4) is 0 Å². The number of benzene rings is 11. The molecule has 79 heavy (non-hydrogen) atoms. The Bertz CT molecular complexity index is 3360. The summed E-state index contributed by atoms with van der Waals surface area (Å²) in [4.78, 5) is 0. The molecule has 0 N–H and O–H groups in total. The normalized spacial score (nSPS) is 12.2. The van der Waals surface area contributed by atoms with E-state index in [0.717, 1.165) is 63.5 Å². The van der Waals surface area contributed by atoms with Crippen molar-refractivity contribution in [2.45, 2.75) is 12.5 Å². The van der Waals surface area contributed by atoms with E-state index in [1.165, 1.54) is 0 Å². The fourth-order valence-electron chi connectivity index (χ4n) is 11.1. The second-order valence-electron chi connectivity index (χ2n) is 19.6. The molecule has 4 nitrogen and oxygen atoms in total. The van der Waals surface area contributed by atoms with Crippen molar-refractivity contribution in [1.82, 2.24) is 0 Å². The summed E-state index contributed by atoms with van der Waals surface area (Å²) in [6.45, 7) is 4.32. The van der Waals surface area contributed by atoms with Crippen molar-refractivity contribution in [1.29, 1.82) is 0 Å². The van der Waals surface area contributed by atoms with Crippen LogP contribution in [0, 0.1) is 0 Å². The molecule has 0 unspecified atom stereocenters. The van der Waals surface area contributed by atoms with Crippen LogP contribution in [0.15, 0.2) is 346 Å². The minimum Gasteiger partial charge on any atom is -0.422 e. The summed E-state index contributed by atoms with van der Waals surface area (Å²) in [6, 6.07) is 119. The van der Waals surface area contributed by atoms with E-state index in [4.69, 9.17) is 16.5 Å². The first-order valence-corrected chi connectivity index (χ1v) is 36.5. The largest absolute Gasteiger partial charge is 0.422 e. The first-order chi connectivity index (χ1) is 39.0. The molecule has 0 aliphatic carbocycles. The van der Waals surface area contributed by atoms with Gasteiger partial charge in [-0.3, -0.25) is 0 Å². The highest BCUT2D eigenvalue weighted by atomic mass is 28.5. The van der Waals surface area contributed by atoms with Crippen LogP contribution in [0.5, 0.6) is 0 Å². The molecule has 11 aromatic rings. The maximum atomic E-state index is 9.12. The Morgan fingerprint density at radius 3 is 0.646 bits per heavy atom. The molecule has 0 aromatic heterocycles. The van der Waals surface area contributed by atoms with Crippen LogP contribution in [-0.2, 0) is 16.5 Å². The van der Waals surface area contributed by atoms with E-state index >= 15 is 0 Å². The maximum absolute atomic E-state index is 9.12. The van der Waals surface area contributed by atoms with Gasteiger partial charge in [0, 0.05) is 0 Å². The standard InChI is InChI=1S/C70H62O4Si5/c1-2-3-59-75(60-37-15-4-16-38-60,61-39-17-5-18-40-61)71-77(65-47-25-9-26-48-65,66-49-27-10-28-50-66)73-79(69-55-33-13-34-56-69,70-57-35-14-36-58-70)74-78(67-51-29-11-30-52-67,68-53-31-12-32-54-68)72-76(62-41-19-6-20-42-62,63-43-21-7-22-44-63)64-45-23-8-24-46-64/h2,4-58H,1,3,59H2. The van der Waals surface area contributed by atoms with E-state index in [1.807, 2.05) is 6.08 Å². The van der Waals surface area contributed by atoms with Crippen molar-refractivity contribution in [3.63, 3.8) is 0 Å². The van der Waals surface area contributed by atoms with Gasteiger partial charge >= 0.3 is 25.7 Å². The van der Waals surface area contributed by atoms with Crippen LogP contribution < -0.4 is 57.1 Å². The molecular formula is C70H62O4Si5. The molecule has 0 radical (unpaired) electrons. The van der Waals surface area contributed by atoms with Gasteiger partial charge < -0.3 is 16.5 Å². The molecule has 11 aromatic carbocycles. The summed E-state index contributed by atoms with van der Waals surface area (Å²) >= 11 is 0. The Hall–Kier alpha value is -7.92. The molecule has 11 rings (SSSR count). The summed E-state index contributed by atoms with van der Waals surface area (Å²) in [6.07, 6.45) is 2.75. The third-order valence-corrected chi connectivity index (χ3v) is 37.9. The van der Waals surface area contributed by atoms with Gasteiger partial charge in [-0.15, -0.1) is 6.58 Å². The van der Waals surface area contributed by atoms with Gasteiger partial charge in [0.25, 0.3) is 8.32 Å². The smallest absolute Gasteiger partial charge is 0.390 e. The lowest BCUT2D eigenvalue weighted by Gasteiger charge is -2.50. The molecule has 0 saturated heterocycles. The Kier molecular flexibility index (Phi) is 16.4. The van der Waals surface area contributed by atoms with Crippen molar-refractivity contribution < 1.29 is 16.5 Å². The van der Waals surface area contributed by atoms with Crippen molar-refractivity contribution >= 4 is 99.4 Å². The van der Waals surface area contributed by atoms with E-state index in [0.29, 0.717) is 6.04 Å². The zero-order valence-corrected chi connectivity index (χ0v) is 49.1. The van der Waals surface area contributed by atoms with Crippen LogP contribution in [0.4, 0.5) is 0 Å². The van der Waals surface area contributed by atoms with Crippen molar-refractivity contribution in [3.05, 3.63) is 346 Å². The fraction of sp³-hybridized carbons (Fsp3) is 0.0286. The van der Waals surface area contributed by atoms with E-state index in [1.54, 1.807) is 0 Å². The van der Waals surface area contributed by atoms with Gasteiger partial charge in [0.1, 0.15) is 0 Å². The highest BCUT2D eigenvalue weighted by molar-refractivity contribution is 7.17. The second kappa shape index (κ2) is 24.4. The number of hydrogen-bond acceptors (Lipinski definition) is 4. The van der Waals surface area contributed by atoms with E-state index in [9.17, 15) is 0 Å². The van der Waals surface area contributed by atoms with Gasteiger partial charge in [0.05, 0.1) is 0 Å². The first kappa shape index (κ1) is 53.1. The summed E-state index contributed by atoms with van der Waals surface area (Å²) in [5.41, 5.74) is 0. The van der Waals surface area contributed by atoms with Crippen LogP contribution >= 0.6 is 0 Å². The Labute approximate surface area is 471 Å². The van der Waals surface area contributed by atoms with Crippen LogP contribution in [0.25, 0.3) is 0 Å². The SMILES string of the molecule is C=CCC[Si](O[Si](O[Si](O[Si](O[Si](c1ccccc1)(c1ccccc1)c1ccccc1)(c1ccccc1)c1ccccc1)(c1ccccc1)c1ccccc1)(c1ccccc1)c1ccccc1)(c1ccccc1)c1ccccc1. The first-order valence-electron chi connectivity index (χ1n) is 27.1. The molecule has 0 aliphatic rings. The zero-order chi connectivity index (χ0) is 53.7. The topological polar surface area (TPSA) is 36.9 Å². The maximum Gasteiger partial charge on any atom is 0.390 e. The van der Waals surface area contributed by atoms with Crippen LogP contribution in [-0.4, -0.2) is 42.3 Å². The van der Waals surface area contributed by atoms with E-state index < -0.39 is 42.3 Å². The van der Waals surface area contributed by atoms with Gasteiger partial charge in [-0.25, -0.2) is 0 Å². The van der Waals surface area contributed by atoms with E-state index in [2.05, 4.69) is 340 Å². The molecule has 0 fully saturated rings. The third-order valence-electron chi connectivity index (χ3n) is 14.8. The molecule has 0 heterocycles. The Morgan fingerprint density at radius 2 is 0.418 bits per heavy atom.